The van der Waals surface area contributed by atoms with Crippen molar-refractivity contribution in [1.82, 2.24) is 9.71 Å². The fraction of sp³-hybridized carbons (Fsp3) is 0.444. The molecule has 1 atom stereocenters. The van der Waals surface area contributed by atoms with Crippen molar-refractivity contribution in [2.24, 2.45) is 0 Å². The summed E-state index contributed by atoms with van der Waals surface area (Å²) in [6.07, 6.45) is 1.32. The second-order valence-electron chi connectivity index (χ2n) is 3.14. The predicted octanol–water partition coefficient (Wildman–Crippen LogP) is 0.782. The SMILES string of the molecule is CCS(=O)CCNS(=O)(=O)c1ccnc(Cl)c1. The van der Waals surface area contributed by atoms with Gasteiger partial charge in [0.15, 0.2) is 0 Å². The number of halogens is 1. The molecule has 17 heavy (non-hydrogen) atoms. The minimum Gasteiger partial charge on any atom is -0.260 e. The third-order valence-corrected chi connectivity index (χ3v) is 4.92. The van der Waals surface area contributed by atoms with Crippen molar-refractivity contribution in [2.45, 2.75) is 11.8 Å². The molecule has 0 amide bonds. The maximum atomic E-state index is 11.8. The van der Waals surface area contributed by atoms with Crippen LogP contribution in [-0.2, 0) is 20.8 Å². The molecule has 1 aromatic rings. The van der Waals surface area contributed by atoms with Crippen LogP contribution in [0, 0.1) is 0 Å². The van der Waals surface area contributed by atoms with Crippen LogP contribution in [0.2, 0.25) is 5.15 Å². The number of nitrogens with one attached hydrogen (secondary N) is 1. The molecule has 0 saturated heterocycles. The summed E-state index contributed by atoms with van der Waals surface area (Å²) in [7, 11) is -4.58. The van der Waals surface area contributed by atoms with Crippen LogP contribution >= 0.6 is 11.6 Å². The number of rotatable bonds is 6. The van der Waals surface area contributed by atoms with Gasteiger partial charge in [0.1, 0.15) is 5.15 Å². The van der Waals surface area contributed by atoms with Gasteiger partial charge in [-0.2, -0.15) is 0 Å². The van der Waals surface area contributed by atoms with Crippen LogP contribution in [0.15, 0.2) is 23.2 Å². The first-order valence-electron chi connectivity index (χ1n) is 4.92. The fourth-order valence-electron chi connectivity index (χ4n) is 1.07. The smallest absolute Gasteiger partial charge is 0.240 e. The van der Waals surface area contributed by atoms with Gasteiger partial charge in [-0.25, -0.2) is 18.1 Å². The van der Waals surface area contributed by atoms with Gasteiger partial charge in [0, 0.05) is 35.0 Å². The van der Waals surface area contributed by atoms with E-state index >= 15 is 0 Å². The van der Waals surface area contributed by atoms with Crippen LogP contribution < -0.4 is 4.72 Å². The largest absolute Gasteiger partial charge is 0.260 e. The zero-order valence-electron chi connectivity index (χ0n) is 9.22. The number of nitrogens with zero attached hydrogens (tertiary/aromatic N) is 1. The van der Waals surface area contributed by atoms with Gasteiger partial charge >= 0.3 is 0 Å². The maximum Gasteiger partial charge on any atom is 0.240 e. The number of sulfonamides is 1. The van der Waals surface area contributed by atoms with Gasteiger partial charge in [-0.15, -0.1) is 0 Å². The molecule has 0 bridgehead atoms. The first-order chi connectivity index (χ1) is 7.95. The Kier molecular flexibility index (Phi) is 5.51. The van der Waals surface area contributed by atoms with E-state index in [4.69, 9.17) is 11.6 Å². The van der Waals surface area contributed by atoms with Crippen molar-refractivity contribution < 1.29 is 12.6 Å². The minimum absolute atomic E-state index is 0.0554. The number of pyridine rings is 1. The molecule has 1 aromatic heterocycles. The molecule has 1 N–H and O–H groups in total. The summed E-state index contributed by atoms with van der Waals surface area (Å²) in [6.45, 7) is 1.93. The van der Waals surface area contributed by atoms with Crippen LogP contribution in [-0.4, -0.2) is 35.7 Å². The van der Waals surface area contributed by atoms with E-state index in [9.17, 15) is 12.6 Å². The normalized spacial score (nSPS) is 13.5. The molecular weight excluding hydrogens is 284 g/mol. The third kappa shape index (κ3) is 4.71. The molecule has 0 aliphatic rings. The van der Waals surface area contributed by atoms with E-state index in [1.807, 2.05) is 0 Å². The van der Waals surface area contributed by atoms with Gasteiger partial charge in [0.05, 0.1) is 4.90 Å². The molecule has 0 saturated carbocycles. The standard InChI is InChI=1S/C9H13ClN2O3S2/c1-2-16(13)6-5-12-17(14,15)8-3-4-11-9(10)7-8/h3-4,7,12H,2,5-6H2,1H3. The predicted molar refractivity (Wildman–Crippen MR) is 68.0 cm³/mol. The highest BCUT2D eigenvalue weighted by Gasteiger charge is 2.14. The average Bonchev–Trinajstić information content (AvgIpc) is 2.28. The number of hydrogen-bond acceptors (Lipinski definition) is 4. The first kappa shape index (κ1) is 14.6. The quantitative estimate of drug-likeness (QED) is 0.787. The molecule has 0 aliphatic carbocycles. The van der Waals surface area contributed by atoms with Crippen LogP contribution in [0.1, 0.15) is 6.92 Å². The molecule has 0 spiro atoms. The Morgan fingerprint density at radius 3 is 2.82 bits per heavy atom. The van der Waals surface area contributed by atoms with Gasteiger partial charge in [0.2, 0.25) is 10.0 Å². The van der Waals surface area contributed by atoms with Gasteiger partial charge in [-0.3, -0.25) is 4.21 Å². The summed E-state index contributed by atoms with van der Waals surface area (Å²) in [5.41, 5.74) is 0. The highest BCUT2D eigenvalue weighted by molar-refractivity contribution is 7.89. The van der Waals surface area contributed by atoms with Crippen LogP contribution in [0.5, 0.6) is 0 Å². The Labute approximate surface area is 108 Å². The molecule has 5 nitrogen and oxygen atoms in total. The molecule has 0 aromatic carbocycles. The lowest BCUT2D eigenvalue weighted by Gasteiger charge is -2.06. The monoisotopic (exact) mass is 296 g/mol. The van der Waals surface area contributed by atoms with E-state index in [0.717, 1.165) is 0 Å². The first-order valence-corrected chi connectivity index (χ1v) is 8.27. The van der Waals surface area contributed by atoms with Crippen molar-refractivity contribution in [3.63, 3.8) is 0 Å². The average molecular weight is 297 g/mol. The number of hydrogen-bond donors (Lipinski definition) is 1. The number of aromatic nitrogens is 1. The Morgan fingerprint density at radius 1 is 1.53 bits per heavy atom. The van der Waals surface area contributed by atoms with Crippen molar-refractivity contribution >= 4 is 32.4 Å². The van der Waals surface area contributed by atoms with E-state index in [1.165, 1.54) is 18.3 Å². The van der Waals surface area contributed by atoms with E-state index < -0.39 is 20.8 Å². The second kappa shape index (κ2) is 6.44. The lowest BCUT2D eigenvalue weighted by molar-refractivity contribution is 0.584. The lowest BCUT2D eigenvalue weighted by atomic mass is 10.5. The maximum absolute atomic E-state index is 11.8. The van der Waals surface area contributed by atoms with Gasteiger partial charge < -0.3 is 0 Å². The van der Waals surface area contributed by atoms with E-state index in [2.05, 4.69) is 9.71 Å². The summed E-state index contributed by atoms with van der Waals surface area (Å²) in [5, 5.41) is 0.116. The summed E-state index contributed by atoms with van der Waals surface area (Å²) < 4.78 is 37.0. The molecule has 8 heteroatoms. The Morgan fingerprint density at radius 2 is 2.24 bits per heavy atom. The summed E-state index contributed by atoms with van der Waals surface area (Å²) in [6, 6.07) is 2.62. The molecule has 1 rings (SSSR count). The zero-order chi connectivity index (χ0) is 12.9. The highest BCUT2D eigenvalue weighted by atomic mass is 35.5. The highest BCUT2D eigenvalue weighted by Crippen LogP contribution is 2.12. The second-order valence-corrected chi connectivity index (χ2v) is 7.16. The topological polar surface area (TPSA) is 76.1 Å². The van der Waals surface area contributed by atoms with Gasteiger partial charge in [-0.05, 0) is 12.1 Å². The molecule has 0 aliphatic heterocycles. The fourth-order valence-corrected chi connectivity index (χ4v) is 3.10. The van der Waals surface area contributed by atoms with Crippen molar-refractivity contribution in [3.05, 3.63) is 23.5 Å². The molecule has 1 unspecified atom stereocenters. The van der Waals surface area contributed by atoms with E-state index in [-0.39, 0.29) is 16.6 Å². The van der Waals surface area contributed by atoms with Gasteiger partial charge in [-0.1, -0.05) is 18.5 Å². The minimum atomic E-state index is -3.60. The van der Waals surface area contributed by atoms with Crippen LogP contribution in [0.4, 0.5) is 0 Å². The summed E-state index contributed by atoms with van der Waals surface area (Å²) in [5.74, 6) is 0.817. The lowest BCUT2D eigenvalue weighted by Crippen LogP contribution is -2.28. The van der Waals surface area contributed by atoms with Crippen LogP contribution in [0.25, 0.3) is 0 Å². The van der Waals surface area contributed by atoms with Crippen molar-refractivity contribution in [3.8, 4) is 0 Å². The Bertz CT molecular complexity index is 505. The van der Waals surface area contributed by atoms with Gasteiger partial charge in [0.25, 0.3) is 0 Å². The summed E-state index contributed by atoms with van der Waals surface area (Å²) >= 11 is 5.61. The third-order valence-electron chi connectivity index (χ3n) is 1.95. The van der Waals surface area contributed by atoms with Crippen molar-refractivity contribution in [2.75, 3.05) is 18.1 Å². The van der Waals surface area contributed by atoms with E-state index in [0.29, 0.717) is 11.5 Å². The molecular formula is C9H13ClN2O3S2. The summed E-state index contributed by atoms with van der Waals surface area (Å²) in [4.78, 5) is 3.76. The van der Waals surface area contributed by atoms with E-state index in [1.54, 1.807) is 6.92 Å². The van der Waals surface area contributed by atoms with Crippen LogP contribution in [0.3, 0.4) is 0 Å². The molecule has 0 fully saturated rings. The Hall–Kier alpha value is -0.500. The molecule has 0 radical (unpaired) electrons. The van der Waals surface area contributed by atoms with Crippen molar-refractivity contribution in [1.29, 1.82) is 0 Å². The molecule has 1 heterocycles. The Balaban J connectivity index is 2.66. The molecule has 96 valence electrons. The zero-order valence-corrected chi connectivity index (χ0v) is 11.6.